The number of rotatable bonds is 3. The van der Waals surface area contributed by atoms with Crippen molar-refractivity contribution in [3.63, 3.8) is 0 Å². The zero-order valence-corrected chi connectivity index (χ0v) is 19.3. The molecule has 0 radical (unpaired) electrons. The molecule has 0 amide bonds. The number of hydrogen-bond acceptors (Lipinski definition) is 1. The van der Waals surface area contributed by atoms with Gasteiger partial charge in [-0.1, -0.05) is 81.3 Å². The zero-order chi connectivity index (χ0) is 21.9. The van der Waals surface area contributed by atoms with Gasteiger partial charge in [0.1, 0.15) is 0 Å². The van der Waals surface area contributed by atoms with Gasteiger partial charge in [0, 0.05) is 34.2 Å². The van der Waals surface area contributed by atoms with Crippen LogP contribution in [0.25, 0.3) is 28.1 Å². The highest BCUT2D eigenvalue weighted by Crippen LogP contribution is 2.34. The maximum Gasteiger partial charge on any atom is 0.0539 e. The Balaban J connectivity index is 0.000000757. The maximum absolute atomic E-state index is 6.04. The van der Waals surface area contributed by atoms with E-state index in [1.807, 2.05) is 76.5 Å². The van der Waals surface area contributed by atoms with Crippen molar-refractivity contribution in [2.24, 2.45) is 0 Å². The highest BCUT2D eigenvalue weighted by molar-refractivity contribution is 6.30. The summed E-state index contributed by atoms with van der Waals surface area (Å²) < 4.78 is 0. The van der Waals surface area contributed by atoms with E-state index in [9.17, 15) is 0 Å². The number of hydrogen-bond donors (Lipinski definition) is 1. The highest BCUT2D eigenvalue weighted by Gasteiger charge is 2.14. The van der Waals surface area contributed by atoms with E-state index in [-0.39, 0.29) is 0 Å². The van der Waals surface area contributed by atoms with Gasteiger partial charge in [-0.3, -0.25) is 4.98 Å². The van der Waals surface area contributed by atoms with Crippen LogP contribution in [0, 0.1) is 0 Å². The number of pyridine rings is 1. The molecule has 1 N–H and O–H groups in total. The Morgan fingerprint density at radius 2 is 1.53 bits per heavy atom. The Bertz CT molecular complexity index is 1010. The summed E-state index contributed by atoms with van der Waals surface area (Å²) in [5.41, 5.74) is 8.14. The average Bonchev–Trinajstić information content (AvgIpc) is 3.14. The van der Waals surface area contributed by atoms with E-state index < -0.39 is 0 Å². The molecule has 2 nitrogen and oxygen atoms in total. The lowest BCUT2D eigenvalue weighted by Gasteiger charge is -2.04. The van der Waals surface area contributed by atoms with Crippen molar-refractivity contribution in [2.75, 3.05) is 0 Å². The van der Waals surface area contributed by atoms with Gasteiger partial charge in [0.05, 0.1) is 5.69 Å². The second-order valence-electron chi connectivity index (χ2n) is 6.46. The maximum atomic E-state index is 6.04. The smallest absolute Gasteiger partial charge is 0.0539 e. The second kappa shape index (κ2) is 12.0. The molecule has 4 rings (SSSR count). The number of aromatic amines is 1. The van der Waals surface area contributed by atoms with Gasteiger partial charge in [-0.2, -0.15) is 0 Å². The van der Waals surface area contributed by atoms with E-state index in [1.165, 1.54) is 16.7 Å². The van der Waals surface area contributed by atoms with Crippen LogP contribution < -0.4 is 0 Å². The monoisotopic (exact) mass is 418 g/mol. The minimum Gasteiger partial charge on any atom is -0.354 e. The normalized spacial score (nSPS) is 12.5. The van der Waals surface area contributed by atoms with Crippen LogP contribution >= 0.6 is 11.6 Å². The minimum absolute atomic E-state index is 0.741. The molecule has 0 spiro atoms. The van der Waals surface area contributed by atoms with Crippen LogP contribution in [0.15, 0.2) is 84.7 Å². The molecule has 1 aliphatic carbocycles. The molecule has 0 unspecified atom stereocenters. The fraction of sp³-hybridized carbons (Fsp3) is 0.222. The van der Waals surface area contributed by atoms with E-state index >= 15 is 0 Å². The molecule has 0 bridgehead atoms. The number of nitrogens with zero attached hydrogens (tertiary/aromatic N) is 1. The lowest BCUT2D eigenvalue weighted by atomic mass is 10.0. The number of allylic oxidation sites excluding steroid dienone is 6. The lowest BCUT2D eigenvalue weighted by molar-refractivity contribution is 1.22. The van der Waals surface area contributed by atoms with E-state index in [0.717, 1.165) is 34.0 Å². The first-order valence-electron chi connectivity index (χ1n) is 10.6. The third-order valence-electron chi connectivity index (χ3n) is 4.54. The average molecular weight is 419 g/mol. The molecular formula is C27H31ClN2. The molecular weight excluding hydrogens is 388 g/mol. The van der Waals surface area contributed by atoms with Gasteiger partial charge in [-0.15, -0.1) is 0 Å². The number of halogens is 1. The fourth-order valence-electron chi connectivity index (χ4n) is 3.12. The first-order chi connectivity index (χ1) is 14.7. The van der Waals surface area contributed by atoms with Gasteiger partial charge < -0.3 is 4.98 Å². The van der Waals surface area contributed by atoms with E-state index in [0.29, 0.717) is 0 Å². The molecule has 0 saturated heterocycles. The predicted octanol–water partition coefficient (Wildman–Crippen LogP) is 8.74. The second-order valence-corrected chi connectivity index (χ2v) is 6.89. The minimum atomic E-state index is 0.741. The molecule has 1 aromatic carbocycles. The third kappa shape index (κ3) is 5.84. The number of benzene rings is 1. The lowest BCUT2D eigenvalue weighted by Crippen LogP contribution is -1.85. The molecule has 1 aliphatic rings. The molecule has 0 aliphatic heterocycles. The largest absolute Gasteiger partial charge is 0.354 e. The molecule has 3 heteroatoms. The summed E-state index contributed by atoms with van der Waals surface area (Å²) >= 11 is 6.04. The molecule has 2 heterocycles. The standard InChI is InChI=1S/C23H19ClN2.2C2H6/c1-16-3-2-4-17(6-5-16)21-15-22(18-7-9-20(24)10-8-18)26-23(21)19-11-13-25-14-12-19;2*1-2/h2,4-15,26H,3H2,1H3;2*1-2H3. The van der Waals surface area contributed by atoms with Gasteiger partial charge >= 0.3 is 0 Å². The Hall–Kier alpha value is -2.84. The Morgan fingerprint density at radius 3 is 2.20 bits per heavy atom. The molecule has 3 aromatic rings. The van der Waals surface area contributed by atoms with Crippen molar-refractivity contribution in [2.45, 2.75) is 41.0 Å². The number of nitrogens with one attached hydrogen (secondary N) is 1. The van der Waals surface area contributed by atoms with Crippen LogP contribution in [0.1, 0.15) is 46.6 Å². The van der Waals surface area contributed by atoms with Crippen LogP contribution in [0.4, 0.5) is 0 Å². The van der Waals surface area contributed by atoms with Crippen molar-refractivity contribution in [1.82, 2.24) is 9.97 Å². The predicted molar refractivity (Wildman–Crippen MR) is 133 cm³/mol. The van der Waals surface area contributed by atoms with Crippen molar-refractivity contribution >= 4 is 17.2 Å². The van der Waals surface area contributed by atoms with Crippen LogP contribution in [0.3, 0.4) is 0 Å². The summed E-state index contributed by atoms with van der Waals surface area (Å²) in [5.74, 6) is 0. The SMILES string of the molecule is CC.CC.CC1=CC=C(c2cc(-c3ccc(Cl)cc3)[nH]c2-c2ccncc2)C=CC1. The van der Waals surface area contributed by atoms with Gasteiger partial charge in [0.15, 0.2) is 0 Å². The summed E-state index contributed by atoms with van der Waals surface area (Å²) in [6.45, 7) is 10.2. The van der Waals surface area contributed by atoms with E-state index in [2.05, 4.69) is 47.3 Å². The van der Waals surface area contributed by atoms with Crippen LogP contribution in [0.2, 0.25) is 5.02 Å². The zero-order valence-electron chi connectivity index (χ0n) is 18.5. The molecule has 2 aromatic heterocycles. The first-order valence-corrected chi connectivity index (χ1v) is 11.0. The van der Waals surface area contributed by atoms with Crippen molar-refractivity contribution in [1.29, 1.82) is 0 Å². The molecule has 30 heavy (non-hydrogen) atoms. The van der Waals surface area contributed by atoms with E-state index in [4.69, 9.17) is 11.6 Å². The third-order valence-corrected chi connectivity index (χ3v) is 4.79. The Labute approximate surface area is 186 Å². The summed E-state index contributed by atoms with van der Waals surface area (Å²) in [5, 5.41) is 0.741. The fourth-order valence-corrected chi connectivity index (χ4v) is 3.25. The van der Waals surface area contributed by atoms with Crippen LogP contribution in [0.5, 0.6) is 0 Å². The summed E-state index contributed by atoms with van der Waals surface area (Å²) in [6, 6.07) is 14.2. The van der Waals surface area contributed by atoms with E-state index in [1.54, 1.807) is 0 Å². The summed E-state index contributed by atoms with van der Waals surface area (Å²) in [7, 11) is 0. The quantitative estimate of drug-likeness (QED) is 0.452. The molecule has 0 atom stereocenters. The number of aromatic nitrogens is 2. The van der Waals surface area contributed by atoms with Gasteiger partial charge in [-0.25, -0.2) is 0 Å². The molecule has 0 saturated carbocycles. The van der Waals surface area contributed by atoms with Crippen molar-refractivity contribution < 1.29 is 0 Å². The Kier molecular flexibility index (Phi) is 9.37. The molecule has 156 valence electrons. The summed E-state index contributed by atoms with van der Waals surface area (Å²) in [4.78, 5) is 7.74. The van der Waals surface area contributed by atoms with Crippen LogP contribution in [-0.4, -0.2) is 9.97 Å². The van der Waals surface area contributed by atoms with Crippen LogP contribution in [-0.2, 0) is 0 Å². The van der Waals surface area contributed by atoms with Gasteiger partial charge in [0.25, 0.3) is 0 Å². The molecule has 0 fully saturated rings. The highest BCUT2D eigenvalue weighted by atomic mass is 35.5. The summed E-state index contributed by atoms with van der Waals surface area (Å²) in [6.07, 6.45) is 13.4. The number of H-pyrrole nitrogens is 1. The van der Waals surface area contributed by atoms with Gasteiger partial charge in [0.2, 0.25) is 0 Å². The van der Waals surface area contributed by atoms with Gasteiger partial charge in [-0.05, 0) is 54.8 Å². The first kappa shape index (κ1) is 23.4. The Morgan fingerprint density at radius 1 is 0.867 bits per heavy atom. The van der Waals surface area contributed by atoms with Crippen molar-refractivity contribution in [3.05, 3.63) is 95.3 Å². The topological polar surface area (TPSA) is 28.7 Å². The van der Waals surface area contributed by atoms with Crippen molar-refractivity contribution in [3.8, 4) is 22.5 Å².